The van der Waals surface area contributed by atoms with Crippen molar-refractivity contribution in [2.45, 2.75) is 32.4 Å². The van der Waals surface area contributed by atoms with Crippen molar-refractivity contribution < 1.29 is 9.53 Å². The smallest absolute Gasteiger partial charge is 0.357 e. The zero-order valence-corrected chi connectivity index (χ0v) is 14.0. The molecule has 25 heavy (non-hydrogen) atoms. The van der Waals surface area contributed by atoms with Crippen LogP contribution in [0.2, 0.25) is 0 Å². The molecule has 0 atom stereocenters. The number of fused-ring (bicyclic) bond motifs is 1. The molecule has 0 saturated heterocycles. The maximum atomic E-state index is 12.9. The number of aryl methyl sites for hydroxylation is 1. The van der Waals surface area contributed by atoms with E-state index < -0.39 is 0 Å². The van der Waals surface area contributed by atoms with Gasteiger partial charge < -0.3 is 9.30 Å². The summed E-state index contributed by atoms with van der Waals surface area (Å²) in [6, 6.07) is 19.6. The third kappa shape index (κ3) is 3.20. The third-order valence-corrected chi connectivity index (χ3v) is 4.53. The summed E-state index contributed by atoms with van der Waals surface area (Å²) in [5.41, 5.74) is 3.25. The number of carbonyl (C=O) groups excluding carboxylic acids is 1. The fourth-order valence-electron chi connectivity index (χ4n) is 3.28. The largest absolute Gasteiger partial charge is 0.456 e. The summed E-state index contributed by atoms with van der Waals surface area (Å²) in [6.45, 7) is 1.10. The highest BCUT2D eigenvalue weighted by Gasteiger charge is 2.26. The Bertz CT molecular complexity index is 870. The number of carbonyl (C=O) groups is 1. The first-order chi connectivity index (χ1) is 12.3. The Kier molecular flexibility index (Phi) is 4.34. The number of ether oxygens (including phenoxy) is 1. The Hall–Kier alpha value is -2.88. The number of hydrogen-bond donors (Lipinski definition) is 0. The van der Waals surface area contributed by atoms with Crippen LogP contribution in [0.15, 0.2) is 60.7 Å². The molecule has 0 fully saturated rings. The second-order valence-electron chi connectivity index (χ2n) is 6.26. The van der Waals surface area contributed by atoms with Crippen LogP contribution in [0, 0.1) is 0 Å². The summed E-state index contributed by atoms with van der Waals surface area (Å²) in [7, 11) is 0. The minimum absolute atomic E-state index is 0.272. The van der Waals surface area contributed by atoms with E-state index in [1.54, 1.807) is 0 Å². The van der Waals surface area contributed by atoms with Crippen molar-refractivity contribution in [2.24, 2.45) is 0 Å². The lowest BCUT2D eigenvalue weighted by Crippen LogP contribution is -2.18. The van der Waals surface area contributed by atoms with Crippen LogP contribution < -0.4 is 0 Å². The van der Waals surface area contributed by atoms with Gasteiger partial charge in [0, 0.05) is 18.5 Å². The molecule has 4 heteroatoms. The minimum Gasteiger partial charge on any atom is -0.456 e. The summed E-state index contributed by atoms with van der Waals surface area (Å²) in [5, 5.41) is 0. The van der Waals surface area contributed by atoms with Crippen molar-refractivity contribution in [1.29, 1.82) is 0 Å². The number of nitrogens with zero attached hydrogens (tertiary/aromatic N) is 2. The van der Waals surface area contributed by atoms with Gasteiger partial charge in [-0.2, -0.15) is 0 Å². The number of hydrogen-bond acceptors (Lipinski definition) is 3. The maximum Gasteiger partial charge on any atom is 0.357 e. The molecule has 0 unspecified atom stereocenters. The van der Waals surface area contributed by atoms with Crippen molar-refractivity contribution in [2.75, 3.05) is 0 Å². The van der Waals surface area contributed by atoms with Crippen molar-refractivity contribution in [3.63, 3.8) is 0 Å². The summed E-state index contributed by atoms with van der Waals surface area (Å²) in [4.78, 5) is 17.6. The van der Waals surface area contributed by atoms with Crippen molar-refractivity contribution in [1.82, 2.24) is 9.55 Å². The number of rotatable bonds is 4. The first kappa shape index (κ1) is 15.6. The highest BCUT2D eigenvalue weighted by molar-refractivity contribution is 5.94. The van der Waals surface area contributed by atoms with Gasteiger partial charge in [-0.1, -0.05) is 60.7 Å². The van der Waals surface area contributed by atoms with Gasteiger partial charge in [-0.05, 0) is 18.4 Å². The second kappa shape index (κ2) is 6.93. The van der Waals surface area contributed by atoms with E-state index in [1.807, 2.05) is 65.2 Å². The van der Waals surface area contributed by atoms with Crippen LogP contribution in [0.4, 0.5) is 0 Å². The Morgan fingerprint density at radius 1 is 1.00 bits per heavy atom. The van der Waals surface area contributed by atoms with Crippen LogP contribution in [-0.4, -0.2) is 15.5 Å². The fourth-order valence-corrected chi connectivity index (χ4v) is 3.28. The quantitative estimate of drug-likeness (QED) is 0.671. The van der Waals surface area contributed by atoms with E-state index in [1.165, 1.54) is 0 Å². The molecule has 3 aromatic rings. The summed E-state index contributed by atoms with van der Waals surface area (Å²) in [5.74, 6) is 0.681. The maximum absolute atomic E-state index is 12.9. The topological polar surface area (TPSA) is 44.1 Å². The fraction of sp³-hybridized carbons (Fsp3) is 0.238. The highest BCUT2D eigenvalue weighted by atomic mass is 16.5. The molecule has 4 rings (SSSR count). The Labute approximate surface area is 147 Å². The Morgan fingerprint density at radius 2 is 1.72 bits per heavy atom. The van der Waals surface area contributed by atoms with Gasteiger partial charge in [0.15, 0.2) is 5.69 Å². The van der Waals surface area contributed by atoms with Gasteiger partial charge in [-0.25, -0.2) is 9.78 Å². The molecule has 0 aliphatic carbocycles. The molecular formula is C21H20N2O2. The van der Waals surface area contributed by atoms with E-state index >= 15 is 0 Å². The minimum atomic E-state index is -0.302. The summed E-state index contributed by atoms with van der Waals surface area (Å²) >= 11 is 0. The van der Waals surface area contributed by atoms with Crippen LogP contribution >= 0.6 is 0 Å². The molecule has 1 aromatic heterocycles. The van der Waals surface area contributed by atoms with Crippen LogP contribution in [0.3, 0.4) is 0 Å². The molecule has 4 nitrogen and oxygen atoms in total. The van der Waals surface area contributed by atoms with Crippen LogP contribution in [0.25, 0.3) is 11.3 Å². The van der Waals surface area contributed by atoms with E-state index in [0.29, 0.717) is 5.69 Å². The van der Waals surface area contributed by atoms with Crippen LogP contribution in [-0.2, 0) is 24.3 Å². The van der Waals surface area contributed by atoms with Gasteiger partial charge in [-0.3, -0.25) is 0 Å². The third-order valence-electron chi connectivity index (χ3n) is 4.53. The molecule has 0 saturated carbocycles. The lowest BCUT2D eigenvalue weighted by Gasteiger charge is -2.16. The monoisotopic (exact) mass is 332 g/mol. The second-order valence-corrected chi connectivity index (χ2v) is 6.26. The molecule has 0 radical (unpaired) electrons. The SMILES string of the molecule is O=C(OCc1ccccc1)c1c(-c2ccccc2)nc2n1CCCC2. The lowest BCUT2D eigenvalue weighted by molar-refractivity contribution is 0.0459. The number of benzene rings is 2. The van der Waals surface area contributed by atoms with E-state index in [2.05, 4.69) is 0 Å². The van der Waals surface area contributed by atoms with Gasteiger partial charge in [-0.15, -0.1) is 0 Å². The van der Waals surface area contributed by atoms with Gasteiger partial charge >= 0.3 is 5.97 Å². The van der Waals surface area contributed by atoms with E-state index in [9.17, 15) is 4.79 Å². The van der Waals surface area contributed by atoms with E-state index in [0.717, 1.165) is 48.5 Å². The molecule has 0 spiro atoms. The highest BCUT2D eigenvalue weighted by Crippen LogP contribution is 2.28. The first-order valence-corrected chi connectivity index (χ1v) is 8.69. The van der Waals surface area contributed by atoms with Crippen molar-refractivity contribution in [3.05, 3.63) is 77.7 Å². The standard InChI is InChI=1S/C21H20N2O2/c24-21(25-15-16-9-3-1-4-10-16)20-19(17-11-5-2-6-12-17)22-18-13-7-8-14-23(18)20/h1-6,9-12H,7-8,13-15H2. The molecule has 0 amide bonds. The Balaban J connectivity index is 1.67. The Morgan fingerprint density at radius 3 is 2.48 bits per heavy atom. The molecule has 0 N–H and O–H groups in total. The van der Waals surface area contributed by atoms with E-state index in [4.69, 9.17) is 9.72 Å². The number of esters is 1. The normalized spacial score (nSPS) is 13.3. The average Bonchev–Trinajstić information content (AvgIpc) is 3.07. The number of aromatic nitrogens is 2. The predicted molar refractivity (Wildman–Crippen MR) is 96.2 cm³/mol. The van der Waals surface area contributed by atoms with Crippen LogP contribution in [0.1, 0.15) is 34.7 Å². The molecule has 2 heterocycles. The molecular weight excluding hydrogens is 312 g/mol. The zero-order chi connectivity index (χ0) is 17.1. The summed E-state index contributed by atoms with van der Waals surface area (Å²) < 4.78 is 7.64. The molecule has 126 valence electrons. The van der Waals surface area contributed by atoms with Gasteiger partial charge in [0.2, 0.25) is 0 Å². The summed E-state index contributed by atoms with van der Waals surface area (Å²) in [6.07, 6.45) is 3.09. The zero-order valence-electron chi connectivity index (χ0n) is 14.0. The van der Waals surface area contributed by atoms with Crippen molar-refractivity contribution in [3.8, 4) is 11.3 Å². The molecule has 2 aromatic carbocycles. The molecule has 1 aliphatic rings. The van der Waals surface area contributed by atoms with Gasteiger partial charge in [0.25, 0.3) is 0 Å². The molecule has 0 bridgehead atoms. The molecule has 1 aliphatic heterocycles. The van der Waals surface area contributed by atoms with E-state index in [-0.39, 0.29) is 12.6 Å². The average molecular weight is 332 g/mol. The van der Waals surface area contributed by atoms with Crippen LogP contribution in [0.5, 0.6) is 0 Å². The lowest BCUT2D eigenvalue weighted by atomic mass is 10.1. The van der Waals surface area contributed by atoms with Gasteiger partial charge in [0.1, 0.15) is 18.1 Å². The predicted octanol–water partition coefficient (Wildman–Crippen LogP) is 4.24. The van der Waals surface area contributed by atoms with Gasteiger partial charge in [0.05, 0.1) is 0 Å². The number of imidazole rings is 1. The van der Waals surface area contributed by atoms with Crippen molar-refractivity contribution >= 4 is 5.97 Å². The first-order valence-electron chi connectivity index (χ1n) is 8.69.